The predicted molar refractivity (Wildman–Crippen MR) is 99.2 cm³/mol. The summed E-state index contributed by atoms with van der Waals surface area (Å²) in [6.07, 6.45) is 1.47. The van der Waals surface area contributed by atoms with Gasteiger partial charge >= 0.3 is 0 Å². The number of rotatable bonds is 5. The highest BCUT2D eigenvalue weighted by Crippen LogP contribution is 2.24. The molecule has 122 valence electrons. The summed E-state index contributed by atoms with van der Waals surface area (Å²) in [5.74, 6) is 0.521. The topological polar surface area (TPSA) is 70.7 Å². The number of amides is 1. The Morgan fingerprint density at radius 2 is 2.12 bits per heavy atom. The maximum Gasteiger partial charge on any atom is 0.255 e. The first-order valence-corrected chi connectivity index (χ1v) is 9.05. The molecule has 0 bridgehead atoms. The van der Waals surface area contributed by atoms with Crippen LogP contribution in [0.4, 0.5) is 5.69 Å². The van der Waals surface area contributed by atoms with Gasteiger partial charge in [0.15, 0.2) is 5.16 Å². The number of carbonyl (C=O) groups excluding carboxylic acids is 1. The van der Waals surface area contributed by atoms with Crippen LogP contribution in [0.1, 0.15) is 21.5 Å². The minimum atomic E-state index is -0.116. The van der Waals surface area contributed by atoms with Crippen LogP contribution in [0.25, 0.3) is 0 Å². The number of anilines is 1. The Kier molecular flexibility index (Phi) is 5.32. The highest BCUT2D eigenvalue weighted by Gasteiger charge is 2.13. The van der Waals surface area contributed by atoms with Crippen molar-refractivity contribution in [3.05, 3.63) is 70.0 Å². The average molecular weight is 403 g/mol. The van der Waals surface area contributed by atoms with Gasteiger partial charge < -0.3 is 5.32 Å². The zero-order chi connectivity index (χ0) is 16.9. The summed E-state index contributed by atoms with van der Waals surface area (Å²) >= 11 is 4.94. The number of aromatic nitrogens is 3. The number of thioether (sulfide) groups is 1. The van der Waals surface area contributed by atoms with Gasteiger partial charge in [-0.05, 0) is 42.3 Å². The fourth-order valence-corrected chi connectivity index (χ4v) is 3.49. The summed E-state index contributed by atoms with van der Waals surface area (Å²) < 4.78 is 0.988. The van der Waals surface area contributed by atoms with Gasteiger partial charge in [-0.3, -0.25) is 9.89 Å². The molecule has 3 rings (SSSR count). The number of benzene rings is 2. The van der Waals surface area contributed by atoms with Crippen molar-refractivity contribution in [1.29, 1.82) is 0 Å². The molecule has 0 spiro atoms. The zero-order valence-electron chi connectivity index (χ0n) is 12.9. The molecule has 5 nitrogen and oxygen atoms in total. The minimum Gasteiger partial charge on any atom is -0.322 e. The van der Waals surface area contributed by atoms with E-state index in [0.717, 1.165) is 26.4 Å². The second kappa shape index (κ2) is 7.63. The maximum atomic E-state index is 12.7. The lowest BCUT2D eigenvalue weighted by Gasteiger charge is -2.11. The first kappa shape index (κ1) is 16.7. The number of hydrogen-bond acceptors (Lipinski definition) is 4. The number of H-pyrrole nitrogens is 1. The van der Waals surface area contributed by atoms with Crippen LogP contribution in [-0.2, 0) is 5.75 Å². The van der Waals surface area contributed by atoms with E-state index in [1.807, 2.05) is 49.4 Å². The molecule has 3 aromatic rings. The monoisotopic (exact) mass is 402 g/mol. The van der Waals surface area contributed by atoms with E-state index in [2.05, 4.69) is 36.4 Å². The number of halogens is 1. The van der Waals surface area contributed by atoms with E-state index in [1.165, 1.54) is 18.1 Å². The van der Waals surface area contributed by atoms with Crippen LogP contribution >= 0.6 is 27.7 Å². The Labute approximate surface area is 152 Å². The van der Waals surface area contributed by atoms with Crippen LogP contribution < -0.4 is 5.32 Å². The van der Waals surface area contributed by atoms with Gasteiger partial charge in [-0.2, -0.15) is 5.10 Å². The van der Waals surface area contributed by atoms with Gasteiger partial charge in [-0.25, -0.2) is 4.98 Å². The SMILES string of the molecule is Cc1cc(Br)ccc1NC(=O)c1ccccc1CSc1ncn[nH]1. The van der Waals surface area contributed by atoms with Gasteiger partial charge in [-0.1, -0.05) is 45.9 Å². The average Bonchev–Trinajstić information content (AvgIpc) is 3.09. The number of nitrogens with one attached hydrogen (secondary N) is 2. The summed E-state index contributed by atoms with van der Waals surface area (Å²) in [5, 5.41) is 10.3. The van der Waals surface area contributed by atoms with Crippen LogP contribution in [0.2, 0.25) is 0 Å². The number of aryl methyl sites for hydroxylation is 1. The molecule has 0 saturated carbocycles. The van der Waals surface area contributed by atoms with Crippen molar-refractivity contribution in [1.82, 2.24) is 15.2 Å². The van der Waals surface area contributed by atoms with E-state index in [-0.39, 0.29) is 5.91 Å². The summed E-state index contributed by atoms with van der Waals surface area (Å²) in [6.45, 7) is 1.96. The van der Waals surface area contributed by atoms with E-state index in [1.54, 1.807) is 0 Å². The first-order chi connectivity index (χ1) is 11.6. The molecule has 7 heteroatoms. The van der Waals surface area contributed by atoms with Gasteiger partial charge in [0.1, 0.15) is 6.33 Å². The molecule has 0 unspecified atom stereocenters. The predicted octanol–water partition coefficient (Wildman–Crippen LogP) is 4.42. The van der Waals surface area contributed by atoms with Crippen LogP contribution in [0.15, 0.2) is 58.4 Å². The molecular formula is C17H15BrN4OS. The molecule has 0 aliphatic rings. The largest absolute Gasteiger partial charge is 0.322 e. The molecule has 1 aromatic heterocycles. The first-order valence-electron chi connectivity index (χ1n) is 7.27. The third kappa shape index (κ3) is 4.04. The van der Waals surface area contributed by atoms with Crippen molar-refractivity contribution in [2.45, 2.75) is 17.8 Å². The summed E-state index contributed by atoms with van der Waals surface area (Å²) in [6, 6.07) is 13.4. The van der Waals surface area contributed by atoms with Crippen molar-refractivity contribution >= 4 is 39.3 Å². The number of carbonyl (C=O) groups is 1. The highest BCUT2D eigenvalue weighted by atomic mass is 79.9. The second-order valence-electron chi connectivity index (χ2n) is 5.15. The fraction of sp³-hybridized carbons (Fsp3) is 0.118. The molecule has 24 heavy (non-hydrogen) atoms. The van der Waals surface area contributed by atoms with Gasteiger partial charge in [0, 0.05) is 21.5 Å². The third-order valence-electron chi connectivity index (χ3n) is 3.46. The third-order valence-corrected chi connectivity index (χ3v) is 4.87. The van der Waals surface area contributed by atoms with Crippen molar-refractivity contribution < 1.29 is 4.79 Å². The molecule has 0 saturated heterocycles. The second-order valence-corrected chi connectivity index (χ2v) is 7.03. The van der Waals surface area contributed by atoms with Gasteiger partial charge in [0.05, 0.1) is 0 Å². The molecule has 2 N–H and O–H groups in total. The van der Waals surface area contributed by atoms with Crippen LogP contribution in [0, 0.1) is 6.92 Å². The van der Waals surface area contributed by atoms with Crippen LogP contribution in [0.3, 0.4) is 0 Å². The van der Waals surface area contributed by atoms with Crippen LogP contribution in [-0.4, -0.2) is 21.1 Å². The molecule has 0 fully saturated rings. The lowest BCUT2D eigenvalue weighted by molar-refractivity contribution is 0.102. The van der Waals surface area contributed by atoms with Crippen molar-refractivity contribution in [3.63, 3.8) is 0 Å². The molecule has 2 aromatic carbocycles. The fourth-order valence-electron chi connectivity index (χ4n) is 2.23. The number of hydrogen-bond donors (Lipinski definition) is 2. The van der Waals surface area contributed by atoms with Crippen molar-refractivity contribution in [3.8, 4) is 0 Å². The summed E-state index contributed by atoms with van der Waals surface area (Å²) in [7, 11) is 0. The Morgan fingerprint density at radius 3 is 2.88 bits per heavy atom. The summed E-state index contributed by atoms with van der Waals surface area (Å²) in [5.41, 5.74) is 3.42. The molecule has 0 atom stereocenters. The van der Waals surface area contributed by atoms with E-state index in [4.69, 9.17) is 0 Å². The molecular weight excluding hydrogens is 388 g/mol. The molecule has 1 heterocycles. The Hall–Kier alpha value is -2.12. The van der Waals surface area contributed by atoms with Gasteiger partial charge in [0.2, 0.25) is 0 Å². The maximum absolute atomic E-state index is 12.7. The van der Waals surface area contributed by atoms with Crippen LogP contribution in [0.5, 0.6) is 0 Å². The van der Waals surface area contributed by atoms with E-state index in [9.17, 15) is 4.79 Å². The lowest BCUT2D eigenvalue weighted by Crippen LogP contribution is -2.14. The van der Waals surface area contributed by atoms with E-state index in [0.29, 0.717) is 11.3 Å². The Morgan fingerprint density at radius 1 is 1.29 bits per heavy atom. The van der Waals surface area contributed by atoms with Crippen molar-refractivity contribution in [2.75, 3.05) is 5.32 Å². The van der Waals surface area contributed by atoms with E-state index < -0.39 is 0 Å². The number of aromatic amines is 1. The van der Waals surface area contributed by atoms with E-state index >= 15 is 0 Å². The molecule has 0 radical (unpaired) electrons. The Balaban J connectivity index is 1.77. The zero-order valence-corrected chi connectivity index (χ0v) is 15.3. The highest BCUT2D eigenvalue weighted by molar-refractivity contribution is 9.10. The molecule has 0 aliphatic carbocycles. The van der Waals surface area contributed by atoms with Crippen molar-refractivity contribution in [2.24, 2.45) is 0 Å². The molecule has 1 amide bonds. The normalized spacial score (nSPS) is 10.6. The van der Waals surface area contributed by atoms with Gasteiger partial charge in [-0.15, -0.1) is 0 Å². The minimum absolute atomic E-state index is 0.116. The molecule has 0 aliphatic heterocycles. The van der Waals surface area contributed by atoms with Gasteiger partial charge in [0.25, 0.3) is 5.91 Å². The number of nitrogens with zero attached hydrogens (tertiary/aromatic N) is 2. The summed E-state index contributed by atoms with van der Waals surface area (Å²) in [4.78, 5) is 16.8. The standard InChI is InChI=1S/C17H15BrN4OS/c1-11-8-13(18)6-7-15(11)21-16(23)14-5-3-2-4-12(14)9-24-17-19-10-20-22-17/h2-8,10H,9H2,1H3,(H,21,23)(H,19,20,22). The Bertz CT molecular complexity index is 852. The quantitative estimate of drug-likeness (QED) is 0.619. The lowest BCUT2D eigenvalue weighted by atomic mass is 10.1. The smallest absolute Gasteiger partial charge is 0.255 e.